The number of pyridine rings is 1. The molecule has 2 heterocycles. The van der Waals surface area contributed by atoms with Crippen molar-refractivity contribution >= 4 is 11.6 Å². The van der Waals surface area contributed by atoms with Gasteiger partial charge in [0.1, 0.15) is 0 Å². The van der Waals surface area contributed by atoms with Crippen LogP contribution in [0.1, 0.15) is 6.42 Å². The Morgan fingerprint density at radius 1 is 1.08 bits per heavy atom. The SMILES string of the molecule is O=C(C[n+]1ccccc1)N(CC1=CCOCC1)c1ccccc1.[Cl-]. The van der Waals surface area contributed by atoms with Gasteiger partial charge >= 0.3 is 0 Å². The van der Waals surface area contributed by atoms with Crippen LogP contribution in [0.4, 0.5) is 5.69 Å². The number of ether oxygens (including phenoxy) is 1. The van der Waals surface area contributed by atoms with Gasteiger partial charge in [0.15, 0.2) is 12.4 Å². The molecular weight excluding hydrogens is 324 g/mol. The van der Waals surface area contributed by atoms with Gasteiger partial charge < -0.3 is 22.0 Å². The minimum Gasteiger partial charge on any atom is -1.00 e. The van der Waals surface area contributed by atoms with Gasteiger partial charge in [0.25, 0.3) is 5.91 Å². The lowest BCUT2D eigenvalue weighted by Gasteiger charge is -2.24. The van der Waals surface area contributed by atoms with E-state index in [0.717, 1.165) is 18.7 Å². The molecule has 1 aliphatic rings. The van der Waals surface area contributed by atoms with E-state index in [2.05, 4.69) is 6.08 Å². The first kappa shape index (κ1) is 18.2. The van der Waals surface area contributed by atoms with Crippen LogP contribution in [0.15, 0.2) is 72.6 Å². The predicted octanol–water partition coefficient (Wildman–Crippen LogP) is -0.642. The highest BCUT2D eigenvalue weighted by atomic mass is 35.5. The van der Waals surface area contributed by atoms with E-state index in [1.807, 2.05) is 70.4 Å². The Hall–Kier alpha value is -2.17. The first-order valence-electron chi connectivity index (χ1n) is 7.88. The first-order chi connectivity index (χ1) is 11.3. The lowest BCUT2D eigenvalue weighted by atomic mass is 10.1. The lowest BCUT2D eigenvalue weighted by molar-refractivity contribution is -0.684. The number of para-hydroxylation sites is 1. The van der Waals surface area contributed by atoms with Gasteiger partial charge in [-0.25, -0.2) is 0 Å². The fourth-order valence-electron chi connectivity index (χ4n) is 2.62. The molecule has 0 aliphatic carbocycles. The minimum atomic E-state index is 0. The molecule has 24 heavy (non-hydrogen) atoms. The molecule has 1 aromatic carbocycles. The van der Waals surface area contributed by atoms with Crippen molar-refractivity contribution in [3.8, 4) is 0 Å². The van der Waals surface area contributed by atoms with Crippen LogP contribution in [0.5, 0.6) is 0 Å². The van der Waals surface area contributed by atoms with E-state index in [1.54, 1.807) is 0 Å². The monoisotopic (exact) mass is 344 g/mol. The number of hydrogen-bond acceptors (Lipinski definition) is 2. The molecule has 3 rings (SSSR count). The molecule has 1 amide bonds. The summed E-state index contributed by atoms with van der Waals surface area (Å²) in [6.45, 7) is 2.33. The third kappa shape index (κ3) is 4.91. The Morgan fingerprint density at radius 2 is 1.79 bits per heavy atom. The van der Waals surface area contributed by atoms with Crippen LogP contribution in [0.25, 0.3) is 0 Å². The quantitative estimate of drug-likeness (QED) is 0.534. The highest BCUT2D eigenvalue weighted by Crippen LogP contribution is 2.18. The lowest BCUT2D eigenvalue weighted by Crippen LogP contribution is -3.00. The Bertz CT molecular complexity index is 674. The van der Waals surface area contributed by atoms with Gasteiger partial charge in [-0.05, 0) is 24.1 Å². The number of halogens is 1. The number of nitrogens with zero attached hydrogens (tertiary/aromatic N) is 2. The van der Waals surface area contributed by atoms with Gasteiger partial charge in [0, 0.05) is 24.4 Å². The average Bonchev–Trinajstić information content (AvgIpc) is 2.62. The molecular formula is C19H21ClN2O2. The van der Waals surface area contributed by atoms with Crippen molar-refractivity contribution < 1.29 is 26.5 Å². The van der Waals surface area contributed by atoms with Crippen LogP contribution in [0, 0.1) is 0 Å². The molecule has 0 fully saturated rings. The summed E-state index contributed by atoms with van der Waals surface area (Å²) in [5, 5.41) is 0. The molecule has 5 heteroatoms. The van der Waals surface area contributed by atoms with Crippen molar-refractivity contribution in [1.82, 2.24) is 0 Å². The third-order valence-electron chi connectivity index (χ3n) is 3.88. The van der Waals surface area contributed by atoms with Crippen LogP contribution < -0.4 is 21.9 Å². The molecule has 1 aromatic heterocycles. The van der Waals surface area contributed by atoms with Gasteiger partial charge in [-0.2, -0.15) is 4.57 Å². The summed E-state index contributed by atoms with van der Waals surface area (Å²) >= 11 is 0. The van der Waals surface area contributed by atoms with Crippen LogP contribution in [-0.2, 0) is 16.1 Å². The van der Waals surface area contributed by atoms with Crippen LogP contribution in [-0.4, -0.2) is 25.7 Å². The van der Waals surface area contributed by atoms with Crippen LogP contribution >= 0.6 is 0 Å². The summed E-state index contributed by atoms with van der Waals surface area (Å²) in [6, 6.07) is 15.7. The largest absolute Gasteiger partial charge is 1.00 e. The summed E-state index contributed by atoms with van der Waals surface area (Å²) < 4.78 is 7.26. The second-order valence-corrected chi connectivity index (χ2v) is 5.55. The predicted molar refractivity (Wildman–Crippen MR) is 89.0 cm³/mol. The number of aromatic nitrogens is 1. The maximum absolute atomic E-state index is 12.8. The molecule has 0 spiro atoms. The van der Waals surface area contributed by atoms with E-state index in [-0.39, 0.29) is 18.3 Å². The number of carbonyl (C=O) groups excluding carboxylic acids is 1. The smallest absolute Gasteiger partial charge is 0.293 e. The molecule has 4 nitrogen and oxygen atoms in total. The van der Waals surface area contributed by atoms with Gasteiger partial charge in [-0.3, -0.25) is 4.79 Å². The maximum Gasteiger partial charge on any atom is 0.293 e. The number of anilines is 1. The van der Waals surface area contributed by atoms with E-state index in [0.29, 0.717) is 19.7 Å². The highest BCUT2D eigenvalue weighted by molar-refractivity contribution is 5.92. The fourth-order valence-corrected chi connectivity index (χ4v) is 2.62. The van der Waals surface area contributed by atoms with Gasteiger partial charge in [0.2, 0.25) is 6.54 Å². The van der Waals surface area contributed by atoms with Crippen molar-refractivity contribution in [2.75, 3.05) is 24.7 Å². The zero-order valence-electron chi connectivity index (χ0n) is 13.5. The van der Waals surface area contributed by atoms with E-state index in [4.69, 9.17) is 4.74 Å². The molecule has 126 valence electrons. The van der Waals surface area contributed by atoms with E-state index < -0.39 is 0 Å². The summed E-state index contributed by atoms with van der Waals surface area (Å²) in [5.41, 5.74) is 2.19. The first-order valence-corrected chi connectivity index (χ1v) is 7.88. The van der Waals surface area contributed by atoms with Crippen molar-refractivity contribution in [2.24, 2.45) is 0 Å². The van der Waals surface area contributed by atoms with Gasteiger partial charge in [-0.15, -0.1) is 0 Å². The molecule has 0 unspecified atom stereocenters. The second kappa shape index (κ2) is 9.21. The Labute approximate surface area is 148 Å². The molecule has 2 aromatic rings. The van der Waals surface area contributed by atoms with Crippen molar-refractivity contribution in [2.45, 2.75) is 13.0 Å². The summed E-state index contributed by atoms with van der Waals surface area (Å²) in [5.74, 6) is 0.0831. The zero-order valence-corrected chi connectivity index (χ0v) is 14.2. The maximum atomic E-state index is 12.8. The summed E-state index contributed by atoms with van der Waals surface area (Å²) in [4.78, 5) is 14.7. The Kier molecular flexibility index (Phi) is 6.97. The van der Waals surface area contributed by atoms with Crippen LogP contribution in [0.2, 0.25) is 0 Å². The fraction of sp³-hybridized carbons (Fsp3) is 0.263. The van der Waals surface area contributed by atoms with Gasteiger partial charge in [0.05, 0.1) is 13.2 Å². The van der Waals surface area contributed by atoms with E-state index in [9.17, 15) is 4.79 Å². The molecule has 0 bridgehead atoms. The molecule has 0 radical (unpaired) electrons. The summed E-state index contributed by atoms with van der Waals surface area (Å²) in [7, 11) is 0. The zero-order chi connectivity index (χ0) is 15.9. The summed E-state index contributed by atoms with van der Waals surface area (Å²) in [6.07, 6.45) is 6.79. The minimum absolute atomic E-state index is 0. The molecule has 0 atom stereocenters. The van der Waals surface area contributed by atoms with Crippen molar-refractivity contribution in [1.29, 1.82) is 0 Å². The third-order valence-corrected chi connectivity index (χ3v) is 3.88. The number of carbonyl (C=O) groups is 1. The van der Waals surface area contributed by atoms with Gasteiger partial charge in [-0.1, -0.05) is 30.3 Å². The van der Waals surface area contributed by atoms with Crippen molar-refractivity contribution in [3.63, 3.8) is 0 Å². The second-order valence-electron chi connectivity index (χ2n) is 5.55. The highest BCUT2D eigenvalue weighted by Gasteiger charge is 2.21. The Balaban J connectivity index is 0.00000208. The molecule has 0 saturated carbocycles. The molecule has 0 N–H and O–H groups in total. The normalized spacial score (nSPS) is 13.6. The topological polar surface area (TPSA) is 33.4 Å². The standard InChI is InChI=1S/C19H21N2O2.ClH/c22-19(16-20-11-5-2-6-12-20)21(18-7-3-1-4-8-18)15-17-9-13-23-14-10-17;/h1-9,11-12H,10,13-16H2;1H/q+1;/p-1. The van der Waals surface area contributed by atoms with E-state index in [1.165, 1.54) is 5.57 Å². The number of rotatable bonds is 5. The number of benzene rings is 1. The van der Waals surface area contributed by atoms with Crippen molar-refractivity contribution in [3.05, 3.63) is 72.6 Å². The average molecular weight is 345 g/mol. The molecule has 0 saturated heterocycles. The Morgan fingerprint density at radius 3 is 2.46 bits per heavy atom. The molecule has 1 aliphatic heterocycles. The van der Waals surface area contributed by atoms with Crippen LogP contribution in [0.3, 0.4) is 0 Å². The number of hydrogen-bond donors (Lipinski definition) is 0. The number of amides is 1. The van der Waals surface area contributed by atoms with E-state index >= 15 is 0 Å².